The third kappa shape index (κ3) is 8.29. The van der Waals surface area contributed by atoms with Gasteiger partial charge in [-0.3, -0.25) is 9.59 Å². The Morgan fingerprint density at radius 3 is 2.05 bits per heavy atom. The summed E-state index contributed by atoms with van der Waals surface area (Å²) in [5, 5.41) is 17.5. The lowest BCUT2D eigenvalue weighted by Gasteiger charge is -2.22. The topological polar surface area (TPSA) is 93.1 Å². The van der Waals surface area contributed by atoms with Gasteiger partial charge in [-0.25, -0.2) is 0 Å². The zero-order valence-electron chi connectivity index (χ0n) is 12.6. The molecule has 0 aromatic heterocycles. The van der Waals surface area contributed by atoms with E-state index >= 15 is 0 Å². The van der Waals surface area contributed by atoms with Gasteiger partial charge in [0.1, 0.15) is 0 Å². The first-order valence-corrected chi connectivity index (χ1v) is 9.42. The highest BCUT2D eigenvalue weighted by atomic mass is 28.4. The predicted octanol–water partition coefficient (Wildman–Crippen LogP) is 2.48. The lowest BCUT2D eigenvalue weighted by Crippen LogP contribution is -2.35. The van der Waals surface area contributed by atoms with Crippen molar-refractivity contribution in [3.8, 4) is 0 Å². The molecule has 1 atom stereocenters. The zero-order valence-corrected chi connectivity index (χ0v) is 13.6. The fourth-order valence-electron chi connectivity index (χ4n) is 2.00. The monoisotopic (exact) mass is 306 g/mol. The summed E-state index contributed by atoms with van der Waals surface area (Å²) in [5.74, 6) is -2.85. The highest BCUT2D eigenvalue weighted by Crippen LogP contribution is 2.19. The van der Waals surface area contributed by atoms with Crippen molar-refractivity contribution in [2.75, 3.05) is 14.2 Å². The molecule has 0 aliphatic carbocycles. The van der Waals surface area contributed by atoms with Crippen LogP contribution >= 0.6 is 0 Å². The van der Waals surface area contributed by atoms with Crippen molar-refractivity contribution in [3.63, 3.8) is 0 Å². The maximum atomic E-state index is 10.9. The van der Waals surface area contributed by atoms with Crippen LogP contribution in [0.4, 0.5) is 0 Å². The third-order valence-corrected chi connectivity index (χ3v) is 6.56. The van der Waals surface area contributed by atoms with Gasteiger partial charge in [0.05, 0.1) is 12.3 Å². The standard InChI is InChI=1S/C13H26O6Si/c1-18-20(3,19-2)9-7-5-4-6-8-11(13(16)17)10-12(14)15/h11H,4-10H2,1-3H3,(H,14,15)(H,16,17). The fourth-order valence-corrected chi connectivity index (χ4v) is 3.47. The maximum absolute atomic E-state index is 10.9. The van der Waals surface area contributed by atoms with Crippen LogP contribution in [0.25, 0.3) is 0 Å². The molecule has 0 aliphatic rings. The van der Waals surface area contributed by atoms with Crippen molar-refractivity contribution >= 4 is 20.5 Å². The molecule has 0 heterocycles. The van der Waals surface area contributed by atoms with Crippen molar-refractivity contribution in [2.45, 2.75) is 51.1 Å². The molecule has 0 bridgehead atoms. The molecule has 7 heteroatoms. The molecule has 0 aromatic rings. The van der Waals surface area contributed by atoms with Gasteiger partial charge in [-0.1, -0.05) is 25.7 Å². The number of hydrogen-bond acceptors (Lipinski definition) is 4. The molecule has 0 saturated heterocycles. The Morgan fingerprint density at radius 1 is 1.05 bits per heavy atom. The first kappa shape index (κ1) is 19.1. The van der Waals surface area contributed by atoms with Crippen LogP contribution in [0.15, 0.2) is 0 Å². The molecular weight excluding hydrogens is 280 g/mol. The van der Waals surface area contributed by atoms with Gasteiger partial charge in [-0.05, 0) is 19.0 Å². The molecule has 0 radical (unpaired) electrons. The highest BCUT2D eigenvalue weighted by Gasteiger charge is 2.27. The van der Waals surface area contributed by atoms with E-state index < -0.39 is 26.4 Å². The Morgan fingerprint density at radius 2 is 1.60 bits per heavy atom. The molecule has 0 amide bonds. The Bertz CT molecular complexity index is 303. The number of carboxylic acids is 2. The predicted molar refractivity (Wildman–Crippen MR) is 76.9 cm³/mol. The van der Waals surface area contributed by atoms with Crippen molar-refractivity contribution < 1.29 is 28.7 Å². The average Bonchev–Trinajstić information content (AvgIpc) is 2.40. The summed E-state index contributed by atoms with van der Waals surface area (Å²) >= 11 is 0. The first-order chi connectivity index (χ1) is 9.34. The second-order valence-corrected chi connectivity index (χ2v) is 8.71. The summed E-state index contributed by atoms with van der Waals surface area (Å²) in [4.78, 5) is 21.4. The Kier molecular flexibility index (Phi) is 9.44. The summed E-state index contributed by atoms with van der Waals surface area (Å²) in [6.45, 7) is 2.01. The molecule has 20 heavy (non-hydrogen) atoms. The van der Waals surface area contributed by atoms with E-state index in [9.17, 15) is 9.59 Å². The highest BCUT2D eigenvalue weighted by molar-refractivity contribution is 6.65. The maximum Gasteiger partial charge on any atom is 0.334 e. The molecular formula is C13H26O6Si. The van der Waals surface area contributed by atoms with Crippen LogP contribution in [-0.2, 0) is 18.4 Å². The molecule has 6 nitrogen and oxygen atoms in total. The van der Waals surface area contributed by atoms with Crippen LogP contribution in [0.5, 0.6) is 0 Å². The number of hydrogen-bond donors (Lipinski definition) is 2. The molecule has 0 saturated carbocycles. The molecule has 0 spiro atoms. The molecule has 118 valence electrons. The minimum Gasteiger partial charge on any atom is -0.481 e. The van der Waals surface area contributed by atoms with E-state index in [4.69, 9.17) is 19.1 Å². The minimum atomic E-state index is -1.99. The molecule has 1 unspecified atom stereocenters. The number of carboxylic acid groups (broad SMARTS) is 2. The van der Waals surface area contributed by atoms with E-state index in [0.29, 0.717) is 6.42 Å². The summed E-state index contributed by atoms with van der Waals surface area (Å²) in [5.41, 5.74) is 0. The second-order valence-electron chi connectivity index (χ2n) is 5.13. The molecule has 0 rings (SSSR count). The number of unbranched alkanes of at least 4 members (excludes halogenated alkanes) is 3. The van der Waals surface area contributed by atoms with E-state index in [-0.39, 0.29) is 6.42 Å². The van der Waals surface area contributed by atoms with E-state index in [1.165, 1.54) is 0 Å². The fraction of sp³-hybridized carbons (Fsp3) is 0.846. The zero-order chi connectivity index (χ0) is 15.6. The van der Waals surface area contributed by atoms with Crippen LogP contribution in [0.1, 0.15) is 38.5 Å². The van der Waals surface area contributed by atoms with Crippen molar-refractivity contribution in [2.24, 2.45) is 5.92 Å². The van der Waals surface area contributed by atoms with Gasteiger partial charge in [0.25, 0.3) is 0 Å². The second kappa shape index (κ2) is 9.90. The number of aliphatic carboxylic acids is 2. The Balaban J connectivity index is 3.79. The van der Waals surface area contributed by atoms with Crippen LogP contribution < -0.4 is 0 Å². The normalized spacial score (nSPS) is 13.2. The van der Waals surface area contributed by atoms with Crippen molar-refractivity contribution in [3.05, 3.63) is 0 Å². The largest absolute Gasteiger partial charge is 0.481 e. The molecule has 0 fully saturated rings. The third-order valence-electron chi connectivity index (χ3n) is 3.57. The quantitative estimate of drug-likeness (QED) is 0.425. The van der Waals surface area contributed by atoms with Crippen LogP contribution in [-0.4, -0.2) is 44.9 Å². The van der Waals surface area contributed by atoms with Gasteiger partial charge in [-0.15, -0.1) is 0 Å². The molecule has 2 N–H and O–H groups in total. The van der Waals surface area contributed by atoms with Gasteiger partial charge < -0.3 is 19.1 Å². The Hall–Kier alpha value is -0.923. The van der Waals surface area contributed by atoms with Gasteiger partial charge in [-0.2, -0.15) is 0 Å². The first-order valence-electron chi connectivity index (χ1n) is 6.89. The van der Waals surface area contributed by atoms with E-state index in [2.05, 4.69) is 0 Å². The number of carbonyl (C=O) groups is 2. The summed E-state index contributed by atoms with van der Waals surface area (Å²) in [6.07, 6.45) is 3.73. The Labute approximate surface area is 121 Å². The molecule has 0 aromatic carbocycles. The van der Waals surface area contributed by atoms with E-state index in [0.717, 1.165) is 31.7 Å². The van der Waals surface area contributed by atoms with Crippen molar-refractivity contribution in [1.29, 1.82) is 0 Å². The summed E-state index contributed by atoms with van der Waals surface area (Å²) < 4.78 is 10.8. The van der Waals surface area contributed by atoms with E-state index in [1.54, 1.807) is 14.2 Å². The summed E-state index contributed by atoms with van der Waals surface area (Å²) in [6, 6.07) is 0.914. The smallest absolute Gasteiger partial charge is 0.334 e. The van der Waals surface area contributed by atoms with Gasteiger partial charge in [0.15, 0.2) is 0 Å². The minimum absolute atomic E-state index is 0.298. The van der Waals surface area contributed by atoms with Crippen LogP contribution in [0.3, 0.4) is 0 Å². The summed E-state index contributed by atoms with van der Waals surface area (Å²) in [7, 11) is 1.34. The lowest BCUT2D eigenvalue weighted by molar-refractivity contribution is -0.148. The van der Waals surface area contributed by atoms with Gasteiger partial charge in [0, 0.05) is 14.2 Å². The van der Waals surface area contributed by atoms with Crippen LogP contribution in [0.2, 0.25) is 12.6 Å². The van der Waals surface area contributed by atoms with Gasteiger partial charge in [0.2, 0.25) is 0 Å². The van der Waals surface area contributed by atoms with Crippen molar-refractivity contribution in [1.82, 2.24) is 0 Å². The SMILES string of the molecule is CO[Si](C)(CCCCCCC(CC(=O)O)C(=O)O)OC. The molecule has 0 aliphatic heterocycles. The lowest BCUT2D eigenvalue weighted by atomic mass is 9.98. The van der Waals surface area contributed by atoms with Crippen LogP contribution in [0, 0.1) is 5.92 Å². The average molecular weight is 306 g/mol. The van der Waals surface area contributed by atoms with E-state index in [1.807, 2.05) is 6.55 Å². The van der Waals surface area contributed by atoms with Gasteiger partial charge >= 0.3 is 20.5 Å². The number of rotatable bonds is 12.